The lowest BCUT2D eigenvalue weighted by Gasteiger charge is -2.29. The third-order valence-corrected chi connectivity index (χ3v) is 15.5. The largest absolute Gasteiger partial charge is 0.339 e. The second-order valence-electron chi connectivity index (χ2n) is 30.1. The number of terminal acetylenes is 3. The molecule has 0 aromatic carbocycles. The first kappa shape index (κ1) is 79.9. The molecule has 0 bridgehead atoms. The van der Waals surface area contributed by atoms with Crippen molar-refractivity contribution in [1.29, 1.82) is 0 Å². The van der Waals surface area contributed by atoms with Crippen LogP contribution in [-0.4, -0.2) is 77.7 Å². The number of rotatable bonds is 3. The first-order valence-corrected chi connectivity index (χ1v) is 32.3. The Bertz CT molecular complexity index is 3240. The van der Waals surface area contributed by atoms with Crippen molar-refractivity contribution in [2.24, 2.45) is 22.7 Å². The molecule has 0 N–H and O–H groups in total. The van der Waals surface area contributed by atoms with E-state index < -0.39 is 0 Å². The fourth-order valence-electron chi connectivity index (χ4n) is 8.53. The number of carbonyl (C=O) groups excluding carboxylic acids is 2. The van der Waals surface area contributed by atoms with Gasteiger partial charge in [0.15, 0.2) is 16.6 Å². The quantitative estimate of drug-likeness (QED) is 0.126. The van der Waals surface area contributed by atoms with E-state index in [-0.39, 0.29) is 50.2 Å². The lowest BCUT2D eigenvalue weighted by molar-refractivity contribution is -0.125. The summed E-state index contributed by atoms with van der Waals surface area (Å²) in [6.45, 7) is 66.0. The molecule has 0 radical (unpaired) electrons. The Morgan fingerprint density at radius 1 is 0.652 bits per heavy atom. The summed E-state index contributed by atoms with van der Waals surface area (Å²) in [4.78, 5) is 37.0. The molecule has 2 atom stereocenters. The number of carbonyl (C=O) groups is 2. The number of thiazole rings is 1. The van der Waals surface area contributed by atoms with Crippen LogP contribution >= 0.6 is 22.9 Å². The number of ketones is 1. The summed E-state index contributed by atoms with van der Waals surface area (Å²) in [5.41, 5.74) is 6.06. The van der Waals surface area contributed by atoms with Gasteiger partial charge in [-0.25, -0.2) is 15.0 Å². The summed E-state index contributed by atoms with van der Waals surface area (Å²) in [6.07, 6.45) is 39.0. The summed E-state index contributed by atoms with van der Waals surface area (Å²) in [5, 5.41) is 13.4. The van der Waals surface area contributed by atoms with Crippen molar-refractivity contribution < 1.29 is 9.59 Å². The maximum atomic E-state index is 11.4. The SMILES string of the molecule is C#Cc1nc(C(C)(C)C)cs1.C#Cc1nccn1C(C)(C)C.C#Cc1nscc1C(C)(C)C.C=CC(=O)N1CCC(C(C)(C)C)C1.C=Cc1ccn(C(C)(C)C)n1.C=Cc1nccn1C(C)(C)C.CC(C)(C)C1CCC=CC1=O.Cc1ccn(C(C)(C)C)n1. The molecule has 2 unspecified atom stereocenters. The number of nitrogens with zero attached hydrogens (tertiary/aromatic N) is 11. The summed E-state index contributed by atoms with van der Waals surface area (Å²) >= 11 is 2.95. The number of aromatic nitrogens is 10. The number of amides is 1. The maximum Gasteiger partial charge on any atom is 0.245 e. The summed E-state index contributed by atoms with van der Waals surface area (Å²) in [7, 11) is 0. The molecule has 0 saturated carbocycles. The van der Waals surface area contributed by atoms with Crippen molar-refractivity contribution in [3.05, 3.63) is 143 Å². The zero-order valence-corrected chi connectivity index (χ0v) is 60.9. The minimum absolute atomic E-state index is 0.0260. The van der Waals surface area contributed by atoms with Crippen LogP contribution in [-0.2, 0) is 42.6 Å². The Labute approximate surface area is 547 Å². The topological polar surface area (TPSA) is 134 Å². The van der Waals surface area contributed by atoms with Gasteiger partial charge in [-0.05, 0) is 197 Å². The lowest BCUT2D eigenvalue weighted by Crippen LogP contribution is -2.29. The Morgan fingerprint density at radius 3 is 1.54 bits per heavy atom. The predicted octanol–water partition coefficient (Wildman–Crippen LogP) is 17.6. The van der Waals surface area contributed by atoms with Crippen LogP contribution < -0.4 is 0 Å². The van der Waals surface area contributed by atoms with Crippen LogP contribution in [0.2, 0.25) is 0 Å². The van der Waals surface area contributed by atoms with E-state index in [0.717, 1.165) is 66.0 Å². The Balaban J connectivity index is 0.000000509. The average molecular weight is 1250 g/mol. The van der Waals surface area contributed by atoms with Crippen LogP contribution in [0.1, 0.15) is 230 Å². The van der Waals surface area contributed by atoms with Crippen LogP contribution in [0, 0.1) is 66.6 Å². The third kappa shape index (κ3) is 28.1. The Kier molecular flexibility index (Phi) is 30.7. The molecule has 1 amide bonds. The molecule has 15 heteroatoms. The van der Waals surface area contributed by atoms with Gasteiger partial charge in [-0.1, -0.05) is 109 Å². The van der Waals surface area contributed by atoms with E-state index in [4.69, 9.17) is 19.3 Å². The number of hydrogen-bond acceptors (Lipinski definition) is 10. The highest BCUT2D eigenvalue weighted by atomic mass is 32.1. The number of hydrogen-bond donors (Lipinski definition) is 0. The number of imidazole rings is 2. The van der Waals surface area contributed by atoms with Gasteiger partial charge in [0.05, 0.1) is 28.2 Å². The molecule has 1 aliphatic heterocycles. The fraction of sp³-hybridized carbons (Fsp3) is 0.541. The van der Waals surface area contributed by atoms with Crippen molar-refractivity contribution in [2.45, 2.75) is 225 Å². The van der Waals surface area contributed by atoms with Crippen molar-refractivity contribution in [1.82, 2.24) is 52.9 Å². The highest BCUT2D eigenvalue weighted by molar-refractivity contribution is 7.10. The fourth-order valence-corrected chi connectivity index (χ4v) is 10.3. The second-order valence-corrected chi connectivity index (χ2v) is 31.6. The van der Waals surface area contributed by atoms with Gasteiger partial charge in [-0.3, -0.25) is 19.0 Å². The summed E-state index contributed by atoms with van der Waals surface area (Å²) < 4.78 is 12.1. The van der Waals surface area contributed by atoms with Crippen LogP contribution in [0.15, 0.2) is 98.0 Å². The molecular weight excluding hydrogens is 1140 g/mol. The predicted molar refractivity (Wildman–Crippen MR) is 380 cm³/mol. The monoisotopic (exact) mass is 1250 g/mol. The van der Waals surface area contributed by atoms with Crippen molar-refractivity contribution >= 4 is 46.7 Å². The zero-order valence-electron chi connectivity index (χ0n) is 59.3. The van der Waals surface area contributed by atoms with Gasteiger partial charge < -0.3 is 14.0 Å². The molecule has 89 heavy (non-hydrogen) atoms. The zero-order chi connectivity index (χ0) is 68.7. The molecule has 2 aliphatic rings. The average Bonchev–Trinajstić information content (AvgIpc) is 4.27. The molecule has 1 aliphatic carbocycles. The van der Waals surface area contributed by atoms with Gasteiger partial charge in [-0.2, -0.15) is 14.6 Å². The van der Waals surface area contributed by atoms with E-state index in [1.165, 1.54) is 34.5 Å². The Hall–Kier alpha value is -7.12. The molecule has 6 aromatic heterocycles. The molecular formula is C74H111N11O2S2. The molecule has 7 heterocycles. The number of likely N-dealkylation sites (tertiary alicyclic amines) is 1. The standard InChI is InChI=1S/C11H19NO.C10H16O.C9H14N2.C9H12N2.C9H14N2.2C9H11NS.C8H14N2/c1-5-10(13)12-7-6-9(8-12)11(2,3)4;1-10(2,3)8-6-4-5-7-9(8)11;2*1-5-8-10-6-7-11(8)9(2,3)4;1-5-8-6-7-11(10-8)9(2,3)4;1-5-8-10-7(6-11-8)9(2,3)4;1-5-8-7(6-11-10-8)9(2,3)4;1-7-5-6-10(9-7)8(2,3)4/h5,9H,1,6-8H2,2-4H3;5,7-8H,4,6H2,1-3H3;5-7H,1H2,2-4H3;1,6-7H,2-4H3;5-7H,1H2,2-4H3;2*1,6H,2-4H3;5-6H,1-4H3. The highest BCUT2D eigenvalue weighted by Gasteiger charge is 2.33. The molecule has 1 fully saturated rings. The van der Waals surface area contributed by atoms with Gasteiger partial charge >= 0.3 is 0 Å². The van der Waals surface area contributed by atoms with Gasteiger partial charge in [0, 0.05) is 89.0 Å². The highest BCUT2D eigenvalue weighted by Crippen LogP contribution is 2.34. The minimum atomic E-state index is 0.0260. The van der Waals surface area contributed by atoms with Crippen molar-refractivity contribution in [3.63, 3.8) is 0 Å². The summed E-state index contributed by atoms with van der Waals surface area (Å²) in [6, 6.07) is 3.98. The first-order valence-electron chi connectivity index (χ1n) is 30.5. The normalized spacial score (nSPS) is 14.9. The van der Waals surface area contributed by atoms with Crippen molar-refractivity contribution in [3.8, 4) is 37.0 Å². The van der Waals surface area contributed by atoms with E-state index in [9.17, 15) is 9.59 Å². The van der Waals surface area contributed by atoms with Crippen LogP contribution in [0.4, 0.5) is 0 Å². The van der Waals surface area contributed by atoms with Gasteiger partial charge in [-0.15, -0.1) is 30.6 Å². The minimum Gasteiger partial charge on any atom is -0.339 e. The smallest absolute Gasteiger partial charge is 0.245 e. The molecule has 8 rings (SSSR count). The van der Waals surface area contributed by atoms with E-state index in [1.54, 1.807) is 30.6 Å². The number of aryl methyl sites for hydroxylation is 1. The number of allylic oxidation sites excluding steroid dienone is 2. The van der Waals surface area contributed by atoms with E-state index in [2.05, 4.69) is 238 Å². The molecule has 1 saturated heterocycles. The van der Waals surface area contributed by atoms with Gasteiger partial charge in [0.2, 0.25) is 5.91 Å². The third-order valence-electron chi connectivity index (χ3n) is 14.1. The van der Waals surface area contributed by atoms with E-state index in [1.807, 2.05) is 79.5 Å². The van der Waals surface area contributed by atoms with Crippen LogP contribution in [0.5, 0.6) is 0 Å². The molecule has 6 aromatic rings. The van der Waals surface area contributed by atoms with Gasteiger partial charge in [0.1, 0.15) is 11.5 Å². The van der Waals surface area contributed by atoms with E-state index >= 15 is 0 Å². The summed E-state index contributed by atoms with van der Waals surface area (Å²) in [5.74, 6) is 10.5. The lowest BCUT2D eigenvalue weighted by atomic mass is 9.74. The first-order chi connectivity index (χ1) is 40.7. The van der Waals surface area contributed by atoms with Crippen LogP contribution in [0.25, 0.3) is 12.2 Å². The van der Waals surface area contributed by atoms with Gasteiger partial charge in [0.25, 0.3) is 0 Å². The van der Waals surface area contributed by atoms with Crippen molar-refractivity contribution in [2.75, 3.05) is 13.1 Å². The second kappa shape index (κ2) is 34.2. The molecule has 486 valence electrons. The molecule has 13 nitrogen and oxygen atoms in total. The van der Waals surface area contributed by atoms with E-state index in [0.29, 0.717) is 22.9 Å². The van der Waals surface area contributed by atoms with Crippen LogP contribution in [0.3, 0.4) is 0 Å². The maximum absolute atomic E-state index is 11.4. The molecule has 0 spiro atoms. The Morgan fingerprint density at radius 2 is 1.21 bits per heavy atom.